The van der Waals surface area contributed by atoms with E-state index in [9.17, 15) is 36.7 Å². The van der Waals surface area contributed by atoms with Crippen LogP contribution in [0.15, 0.2) is 54.9 Å². The third kappa shape index (κ3) is 5.23. The van der Waals surface area contributed by atoms with Crippen molar-refractivity contribution < 1.29 is 36.7 Å². The molecule has 242 valence electrons. The molecular formula is C32H32F4N6O4. The standard InChI is InChI=1S/C32H32F4N6O4/c1-19(39(2)3)15-40-17-22(14-37-40)21-6-9-25-24(12-21)26(43)13-31(25)28(45)41(29(46)38-31)18-27(44)42(30(10-11-30)32(34,35)36)16-20-4-7-23(33)8-5-20/h4-9,12,14,17,19H,10-11,13,15-16,18H2,1-3H3,(H,38,46)/t19-,31-/m0/s1. The molecule has 6 rings (SSSR count). The van der Waals surface area contributed by atoms with Gasteiger partial charge in [0.05, 0.1) is 12.7 Å². The van der Waals surface area contributed by atoms with Gasteiger partial charge in [0.15, 0.2) is 11.3 Å². The summed E-state index contributed by atoms with van der Waals surface area (Å²) < 4.78 is 57.8. The van der Waals surface area contributed by atoms with Gasteiger partial charge in [0.1, 0.15) is 17.9 Å². The minimum absolute atomic E-state index is 0.222. The highest BCUT2D eigenvalue weighted by molar-refractivity contribution is 6.17. The normalized spacial score (nSPS) is 20.8. The number of urea groups is 1. The van der Waals surface area contributed by atoms with E-state index in [4.69, 9.17) is 0 Å². The Balaban J connectivity index is 1.24. The summed E-state index contributed by atoms with van der Waals surface area (Å²) in [6.07, 6.45) is -2.33. The number of hydrogen-bond donors (Lipinski definition) is 1. The molecule has 2 atom stereocenters. The molecule has 2 fully saturated rings. The van der Waals surface area contributed by atoms with Crippen LogP contribution in [0.1, 0.15) is 47.7 Å². The van der Waals surface area contributed by atoms with Crippen molar-refractivity contribution in [1.29, 1.82) is 0 Å². The van der Waals surface area contributed by atoms with E-state index in [1.165, 1.54) is 12.1 Å². The first kappa shape index (κ1) is 31.4. The zero-order valence-corrected chi connectivity index (χ0v) is 25.4. The van der Waals surface area contributed by atoms with Crippen LogP contribution in [0.5, 0.6) is 0 Å². The third-order valence-electron chi connectivity index (χ3n) is 9.30. The van der Waals surface area contributed by atoms with E-state index in [0.717, 1.165) is 17.7 Å². The first-order chi connectivity index (χ1) is 21.6. The van der Waals surface area contributed by atoms with Crippen LogP contribution >= 0.6 is 0 Å². The molecule has 46 heavy (non-hydrogen) atoms. The topological polar surface area (TPSA) is 108 Å². The summed E-state index contributed by atoms with van der Waals surface area (Å²) in [7, 11) is 3.93. The van der Waals surface area contributed by atoms with E-state index in [0.29, 0.717) is 21.9 Å². The first-order valence-corrected chi connectivity index (χ1v) is 14.8. The summed E-state index contributed by atoms with van der Waals surface area (Å²) in [6.45, 7) is 1.24. The van der Waals surface area contributed by atoms with Gasteiger partial charge in [-0.15, -0.1) is 0 Å². The molecule has 2 heterocycles. The Morgan fingerprint density at radius 1 is 1.07 bits per heavy atom. The summed E-state index contributed by atoms with van der Waals surface area (Å²) in [5, 5.41) is 6.96. The Hall–Kier alpha value is -4.59. The number of aromatic nitrogens is 2. The van der Waals surface area contributed by atoms with Gasteiger partial charge in [0, 0.05) is 36.3 Å². The lowest BCUT2D eigenvalue weighted by atomic mass is 9.90. The maximum atomic E-state index is 14.2. The van der Waals surface area contributed by atoms with Crippen LogP contribution in [0.2, 0.25) is 0 Å². The quantitative estimate of drug-likeness (QED) is 0.279. The Morgan fingerprint density at radius 2 is 1.76 bits per heavy atom. The van der Waals surface area contributed by atoms with E-state index in [1.54, 1.807) is 29.1 Å². The highest BCUT2D eigenvalue weighted by atomic mass is 19.4. The van der Waals surface area contributed by atoms with Crippen molar-refractivity contribution >= 4 is 23.6 Å². The number of amides is 4. The number of carbonyl (C=O) groups is 4. The number of rotatable bonds is 9. The molecule has 10 nitrogen and oxygen atoms in total. The van der Waals surface area contributed by atoms with Gasteiger partial charge < -0.3 is 15.1 Å². The Bertz CT molecular complexity index is 1730. The summed E-state index contributed by atoms with van der Waals surface area (Å²) in [5.74, 6) is -2.99. The van der Waals surface area contributed by atoms with Crippen molar-refractivity contribution in [3.63, 3.8) is 0 Å². The fourth-order valence-electron chi connectivity index (χ4n) is 6.17. The number of halogens is 4. The minimum atomic E-state index is -4.77. The number of hydrogen-bond acceptors (Lipinski definition) is 6. The van der Waals surface area contributed by atoms with Crippen LogP contribution in [0.3, 0.4) is 0 Å². The lowest BCUT2D eigenvalue weighted by Crippen LogP contribution is -2.54. The van der Waals surface area contributed by atoms with Gasteiger partial charge in [0.25, 0.3) is 5.91 Å². The van der Waals surface area contributed by atoms with Crippen molar-refractivity contribution in [1.82, 2.24) is 29.8 Å². The highest BCUT2D eigenvalue weighted by Crippen LogP contribution is 2.54. The molecule has 1 spiro atoms. The summed E-state index contributed by atoms with van der Waals surface area (Å²) in [5.41, 5.74) is -2.09. The summed E-state index contributed by atoms with van der Waals surface area (Å²) in [6, 6.07) is 8.83. The second-order valence-corrected chi connectivity index (χ2v) is 12.5. The molecule has 2 aliphatic carbocycles. The summed E-state index contributed by atoms with van der Waals surface area (Å²) >= 11 is 0. The van der Waals surface area contributed by atoms with Crippen LogP contribution in [-0.4, -0.2) is 86.5 Å². The molecule has 3 aromatic rings. The van der Waals surface area contributed by atoms with Crippen molar-refractivity contribution in [2.75, 3.05) is 20.6 Å². The van der Waals surface area contributed by atoms with Gasteiger partial charge in [0.2, 0.25) is 5.91 Å². The van der Waals surface area contributed by atoms with Crippen molar-refractivity contribution in [2.45, 2.75) is 62.6 Å². The number of ketones is 1. The van der Waals surface area contributed by atoms with Crippen LogP contribution in [0.4, 0.5) is 22.4 Å². The largest absolute Gasteiger partial charge is 0.411 e. The molecule has 1 saturated carbocycles. The summed E-state index contributed by atoms with van der Waals surface area (Å²) in [4.78, 5) is 56.9. The number of alkyl halides is 3. The van der Waals surface area contributed by atoms with Gasteiger partial charge in [-0.2, -0.15) is 18.3 Å². The molecule has 0 unspecified atom stereocenters. The van der Waals surface area contributed by atoms with Crippen molar-refractivity contribution in [3.05, 3.63) is 77.4 Å². The lowest BCUT2D eigenvalue weighted by molar-refractivity contribution is -0.202. The maximum Gasteiger partial charge on any atom is 0.411 e. The second kappa shape index (κ2) is 11.0. The highest BCUT2D eigenvalue weighted by Gasteiger charge is 2.68. The zero-order chi connectivity index (χ0) is 33.2. The Morgan fingerprint density at radius 3 is 2.39 bits per heavy atom. The molecule has 1 aromatic heterocycles. The monoisotopic (exact) mass is 640 g/mol. The number of Topliss-reactive ketones (excluding diaryl/α,β-unsaturated/α-hetero) is 1. The number of nitrogens with zero attached hydrogens (tertiary/aromatic N) is 5. The molecule has 4 amide bonds. The first-order valence-electron chi connectivity index (χ1n) is 14.8. The van der Waals surface area contributed by atoms with E-state index in [-0.39, 0.29) is 35.6 Å². The number of imide groups is 1. The lowest BCUT2D eigenvalue weighted by Gasteiger charge is -2.34. The molecular weight excluding hydrogens is 608 g/mol. The smallest absolute Gasteiger partial charge is 0.322 e. The molecule has 0 bridgehead atoms. The fraction of sp³-hybridized carbons (Fsp3) is 0.406. The molecule has 0 radical (unpaired) electrons. The van der Waals surface area contributed by atoms with E-state index in [1.807, 2.05) is 20.3 Å². The van der Waals surface area contributed by atoms with Crippen LogP contribution in [0.25, 0.3) is 11.1 Å². The molecule has 1 N–H and O–H groups in total. The molecule has 1 saturated heterocycles. The zero-order valence-electron chi connectivity index (χ0n) is 25.4. The number of fused-ring (bicyclic) bond motifs is 2. The number of nitrogens with one attached hydrogen (secondary N) is 1. The maximum absolute atomic E-state index is 14.2. The van der Waals surface area contributed by atoms with Crippen LogP contribution in [0, 0.1) is 5.82 Å². The van der Waals surface area contributed by atoms with Crippen LogP contribution in [-0.2, 0) is 28.2 Å². The van der Waals surface area contributed by atoms with Crippen molar-refractivity contribution in [2.24, 2.45) is 0 Å². The average Bonchev–Trinajstić information content (AvgIpc) is 3.54. The van der Waals surface area contributed by atoms with Crippen LogP contribution < -0.4 is 5.32 Å². The number of benzene rings is 2. The Labute approximate surface area is 261 Å². The molecule has 2 aromatic carbocycles. The SMILES string of the molecule is C[C@@H](Cn1cc(-c2ccc3c(c2)C(=O)C[C@]32NC(=O)N(CC(=O)N(Cc3ccc(F)cc3)C3(C(F)(F)F)CC3)C2=O)cn1)N(C)C. The van der Waals surface area contributed by atoms with Crippen molar-refractivity contribution in [3.8, 4) is 11.1 Å². The molecule has 3 aliphatic rings. The predicted octanol–water partition coefficient (Wildman–Crippen LogP) is 4.10. The second-order valence-electron chi connectivity index (χ2n) is 12.5. The van der Waals surface area contributed by atoms with Gasteiger partial charge >= 0.3 is 12.2 Å². The van der Waals surface area contributed by atoms with E-state index in [2.05, 4.69) is 22.2 Å². The average molecular weight is 641 g/mol. The predicted molar refractivity (Wildman–Crippen MR) is 157 cm³/mol. The van der Waals surface area contributed by atoms with E-state index < -0.39 is 66.2 Å². The fourth-order valence-corrected chi connectivity index (χ4v) is 6.17. The number of likely N-dealkylation sites (N-methyl/N-ethyl adjacent to an activating group) is 1. The van der Waals surface area contributed by atoms with Gasteiger partial charge in [-0.1, -0.05) is 24.3 Å². The van der Waals surface area contributed by atoms with Gasteiger partial charge in [-0.25, -0.2) is 9.18 Å². The van der Waals surface area contributed by atoms with Gasteiger partial charge in [-0.05, 0) is 68.8 Å². The molecule has 14 heteroatoms. The number of carbonyl (C=O) groups excluding carboxylic acids is 4. The third-order valence-corrected chi connectivity index (χ3v) is 9.30. The minimum Gasteiger partial charge on any atom is -0.322 e. The molecule has 1 aliphatic heterocycles. The van der Waals surface area contributed by atoms with E-state index >= 15 is 0 Å². The Kier molecular flexibility index (Phi) is 7.53. The van der Waals surface area contributed by atoms with Gasteiger partial charge in [-0.3, -0.25) is 24.0 Å².